The Bertz CT molecular complexity index is 1230. The Morgan fingerprint density at radius 1 is 1.26 bits per heavy atom. The normalized spacial score (nSPS) is 16.9. The first-order valence-electron chi connectivity index (χ1n) is 11.2. The molecule has 0 bridgehead atoms. The smallest absolute Gasteiger partial charge is 0.318 e. The third-order valence-electron chi connectivity index (χ3n) is 5.87. The molecule has 2 aromatic heterocycles. The van der Waals surface area contributed by atoms with Crippen molar-refractivity contribution in [3.8, 4) is 11.3 Å². The van der Waals surface area contributed by atoms with Crippen molar-refractivity contribution in [2.24, 2.45) is 17.0 Å². The molecule has 1 fully saturated rings. The van der Waals surface area contributed by atoms with Crippen LogP contribution < -0.4 is 4.90 Å². The fraction of sp³-hybridized carbons (Fsp3) is 0.375. The lowest BCUT2D eigenvalue weighted by atomic mass is 9.99. The molecular formula is C24H28ClN7O3. The largest absolute Gasteiger partial charge is 0.481 e. The van der Waals surface area contributed by atoms with Gasteiger partial charge >= 0.3 is 6.02 Å². The van der Waals surface area contributed by atoms with E-state index >= 15 is 0 Å². The van der Waals surface area contributed by atoms with Crippen LogP contribution in [0.2, 0.25) is 5.02 Å². The topological polar surface area (TPSA) is 103 Å². The highest BCUT2D eigenvalue weighted by Gasteiger charge is 2.30. The average molecular weight is 498 g/mol. The van der Waals surface area contributed by atoms with Crippen LogP contribution in [-0.4, -0.2) is 53.4 Å². The molecule has 0 amide bonds. The summed E-state index contributed by atoms with van der Waals surface area (Å²) in [5, 5.41) is 13.9. The van der Waals surface area contributed by atoms with Crippen LogP contribution in [0.5, 0.6) is 0 Å². The fourth-order valence-corrected chi connectivity index (χ4v) is 4.27. The second kappa shape index (κ2) is 11.2. The van der Waals surface area contributed by atoms with Gasteiger partial charge in [0.1, 0.15) is 11.5 Å². The number of piperidine rings is 1. The molecule has 1 aliphatic rings. The van der Waals surface area contributed by atoms with Gasteiger partial charge in [0, 0.05) is 36.7 Å². The van der Waals surface area contributed by atoms with Crippen molar-refractivity contribution >= 4 is 30.3 Å². The van der Waals surface area contributed by atoms with E-state index in [9.17, 15) is 0 Å². The summed E-state index contributed by atoms with van der Waals surface area (Å²) in [5.74, 6) is 2.58. The molecule has 1 aromatic carbocycles. The number of hydrogen-bond donors (Lipinski definition) is 0. The van der Waals surface area contributed by atoms with Crippen molar-refractivity contribution in [2.45, 2.75) is 31.7 Å². The Labute approximate surface area is 208 Å². The molecule has 0 N–H and O–H groups in total. The van der Waals surface area contributed by atoms with Crippen LogP contribution in [0.4, 0.5) is 5.95 Å². The van der Waals surface area contributed by atoms with Crippen molar-refractivity contribution in [3.63, 3.8) is 0 Å². The number of ether oxygens (including phenoxy) is 2. The van der Waals surface area contributed by atoms with Gasteiger partial charge in [-0.05, 0) is 44.2 Å². The van der Waals surface area contributed by atoms with E-state index in [2.05, 4.69) is 37.0 Å². The third-order valence-corrected chi connectivity index (χ3v) is 6.11. The maximum atomic E-state index is 6.15. The summed E-state index contributed by atoms with van der Waals surface area (Å²) in [6.07, 6.45) is 5.36. The van der Waals surface area contributed by atoms with Crippen LogP contribution in [0.1, 0.15) is 36.8 Å². The summed E-state index contributed by atoms with van der Waals surface area (Å²) in [6.45, 7) is 4.27. The van der Waals surface area contributed by atoms with E-state index in [1.807, 2.05) is 41.9 Å². The van der Waals surface area contributed by atoms with Gasteiger partial charge < -0.3 is 23.5 Å². The van der Waals surface area contributed by atoms with E-state index in [-0.39, 0.29) is 12.1 Å². The van der Waals surface area contributed by atoms with Gasteiger partial charge in [0.15, 0.2) is 5.76 Å². The average Bonchev–Trinajstić information content (AvgIpc) is 3.51. The van der Waals surface area contributed by atoms with Gasteiger partial charge in [0.25, 0.3) is 0 Å². The highest BCUT2D eigenvalue weighted by atomic mass is 35.5. The fourth-order valence-electron chi connectivity index (χ4n) is 4.08. The number of rotatable bonds is 7. The first-order chi connectivity index (χ1) is 17.0. The van der Waals surface area contributed by atoms with Crippen LogP contribution in [0.15, 0.2) is 56.8 Å². The molecule has 1 unspecified atom stereocenters. The molecule has 35 heavy (non-hydrogen) atoms. The summed E-state index contributed by atoms with van der Waals surface area (Å²) >= 11 is 6.15. The molecule has 1 atom stereocenters. The zero-order valence-electron chi connectivity index (χ0n) is 20.0. The number of benzene rings is 1. The third kappa shape index (κ3) is 5.54. The van der Waals surface area contributed by atoms with Crippen molar-refractivity contribution in [3.05, 3.63) is 58.8 Å². The number of allylic oxidation sites excluding steroid dienone is 1. The quantitative estimate of drug-likeness (QED) is 0.267. The molecule has 1 aliphatic heterocycles. The Morgan fingerprint density at radius 2 is 2.11 bits per heavy atom. The minimum Gasteiger partial charge on any atom is -0.481 e. The second-order valence-electron chi connectivity index (χ2n) is 8.01. The molecule has 1 saturated heterocycles. The number of aromatic nitrogens is 4. The number of anilines is 1. The lowest BCUT2D eigenvalue weighted by molar-refractivity contribution is 0.282. The van der Waals surface area contributed by atoms with Crippen molar-refractivity contribution in [1.29, 1.82) is 0 Å². The SMILES string of the molecule is C=N/C(=N\C(=C/Cc1nnc(N2CCCCC2c2cc(-c3cccc(Cl)c3)on2)n1C)OC)OC. The van der Waals surface area contributed by atoms with Crippen molar-refractivity contribution in [1.82, 2.24) is 19.9 Å². The summed E-state index contributed by atoms with van der Waals surface area (Å²) in [6, 6.07) is 9.69. The van der Waals surface area contributed by atoms with E-state index in [4.69, 9.17) is 25.6 Å². The molecule has 10 nitrogen and oxygen atoms in total. The lowest BCUT2D eigenvalue weighted by Gasteiger charge is -2.34. The van der Waals surface area contributed by atoms with Crippen LogP contribution >= 0.6 is 11.6 Å². The summed E-state index contributed by atoms with van der Waals surface area (Å²) in [5.41, 5.74) is 1.76. The highest BCUT2D eigenvalue weighted by molar-refractivity contribution is 6.30. The van der Waals surface area contributed by atoms with Crippen LogP contribution in [-0.2, 0) is 22.9 Å². The van der Waals surface area contributed by atoms with Gasteiger partial charge in [-0.3, -0.25) is 0 Å². The Balaban J connectivity index is 1.56. The first kappa shape index (κ1) is 24.5. The van der Waals surface area contributed by atoms with E-state index in [1.54, 1.807) is 6.08 Å². The van der Waals surface area contributed by atoms with Crippen molar-refractivity contribution < 1.29 is 14.0 Å². The molecule has 184 valence electrons. The monoisotopic (exact) mass is 497 g/mol. The summed E-state index contributed by atoms with van der Waals surface area (Å²) in [7, 11) is 4.95. The van der Waals surface area contributed by atoms with E-state index in [1.165, 1.54) is 14.2 Å². The molecule has 0 aliphatic carbocycles. The summed E-state index contributed by atoms with van der Waals surface area (Å²) in [4.78, 5) is 10.1. The minimum atomic E-state index is 0.0359. The Kier molecular flexibility index (Phi) is 7.81. The number of nitrogens with zero attached hydrogens (tertiary/aromatic N) is 7. The molecule has 0 saturated carbocycles. The van der Waals surface area contributed by atoms with Gasteiger partial charge in [-0.1, -0.05) is 28.9 Å². The number of methoxy groups -OCH3 is 2. The molecule has 11 heteroatoms. The highest BCUT2D eigenvalue weighted by Crippen LogP contribution is 2.35. The predicted molar refractivity (Wildman–Crippen MR) is 135 cm³/mol. The van der Waals surface area contributed by atoms with Crippen LogP contribution in [0.25, 0.3) is 11.3 Å². The standard InChI is InChI=1S/C24H28ClN7O3/c1-26-23(34-4)27-22(33-3)12-11-21-28-29-24(31(21)2)32-13-6-5-10-19(32)18-15-20(35-30-18)16-8-7-9-17(25)14-16/h7-9,12,14-15,19H,1,5-6,10-11,13H2,2-4H3/b22-12+,27-23+. The molecule has 0 spiro atoms. The van der Waals surface area contributed by atoms with Gasteiger partial charge in [-0.2, -0.15) is 4.99 Å². The second-order valence-corrected chi connectivity index (χ2v) is 8.45. The Morgan fingerprint density at radius 3 is 2.86 bits per heavy atom. The number of amidine groups is 1. The molecule has 4 rings (SSSR count). The van der Waals surface area contributed by atoms with Gasteiger partial charge in [0.05, 0.1) is 20.3 Å². The minimum absolute atomic E-state index is 0.0359. The zero-order chi connectivity index (χ0) is 24.8. The van der Waals surface area contributed by atoms with E-state index in [0.29, 0.717) is 23.1 Å². The Hall–Kier alpha value is -3.66. The van der Waals surface area contributed by atoms with Crippen LogP contribution in [0.3, 0.4) is 0 Å². The van der Waals surface area contributed by atoms with Gasteiger partial charge in [-0.25, -0.2) is 4.99 Å². The molecule has 0 radical (unpaired) electrons. The number of aliphatic imine (C=N–C) groups is 2. The number of halogens is 1. The lowest BCUT2D eigenvalue weighted by Crippen LogP contribution is -2.35. The maximum Gasteiger partial charge on any atom is 0.318 e. The molecular weight excluding hydrogens is 470 g/mol. The van der Waals surface area contributed by atoms with Crippen LogP contribution in [0, 0.1) is 0 Å². The molecule has 3 aromatic rings. The van der Waals surface area contributed by atoms with Crippen molar-refractivity contribution in [2.75, 3.05) is 25.7 Å². The predicted octanol–water partition coefficient (Wildman–Crippen LogP) is 4.59. The maximum absolute atomic E-state index is 6.15. The molecule has 3 heterocycles. The van der Waals surface area contributed by atoms with E-state index in [0.717, 1.165) is 48.8 Å². The number of hydrogen-bond acceptors (Lipinski definition) is 8. The van der Waals surface area contributed by atoms with Gasteiger partial charge in [0.2, 0.25) is 11.8 Å². The van der Waals surface area contributed by atoms with Gasteiger partial charge in [-0.15, -0.1) is 10.2 Å². The summed E-state index contributed by atoms with van der Waals surface area (Å²) < 4.78 is 18.0. The van der Waals surface area contributed by atoms with E-state index < -0.39 is 0 Å². The first-order valence-corrected chi connectivity index (χ1v) is 11.6. The zero-order valence-corrected chi connectivity index (χ0v) is 20.8.